The second kappa shape index (κ2) is 7.45. The molecule has 0 saturated carbocycles. The van der Waals surface area contributed by atoms with Crippen molar-refractivity contribution >= 4 is 5.91 Å². The van der Waals surface area contributed by atoms with E-state index in [1.165, 1.54) is 0 Å². The molecule has 2 atom stereocenters. The number of ether oxygens (including phenoxy) is 1. The number of benzene rings is 1. The van der Waals surface area contributed by atoms with E-state index < -0.39 is 0 Å². The molecule has 1 aromatic heterocycles. The Labute approximate surface area is 141 Å². The topological polar surface area (TPSA) is 71.2 Å². The number of carbonyl (C=O) groups is 1. The van der Waals surface area contributed by atoms with Gasteiger partial charge in [0.05, 0.1) is 6.10 Å². The van der Waals surface area contributed by atoms with Gasteiger partial charge < -0.3 is 15.0 Å². The monoisotopic (exact) mass is 326 g/mol. The number of hydrogen-bond donors (Lipinski definition) is 2. The summed E-state index contributed by atoms with van der Waals surface area (Å²) in [6.07, 6.45) is 1.95. The van der Waals surface area contributed by atoms with E-state index in [2.05, 4.69) is 22.4 Å². The summed E-state index contributed by atoms with van der Waals surface area (Å²) >= 11 is 0. The van der Waals surface area contributed by atoms with Crippen LogP contribution in [0.3, 0.4) is 0 Å². The lowest BCUT2D eigenvalue weighted by molar-refractivity contribution is -0.0272. The molecule has 2 heterocycles. The van der Waals surface area contributed by atoms with Crippen molar-refractivity contribution in [3.05, 3.63) is 69.6 Å². The average Bonchev–Trinajstić information content (AvgIpc) is 2.61. The maximum atomic E-state index is 12.3. The predicted octanol–water partition coefficient (Wildman–Crippen LogP) is 2.58. The van der Waals surface area contributed by atoms with E-state index in [9.17, 15) is 9.59 Å². The lowest BCUT2D eigenvalue weighted by Gasteiger charge is -2.32. The van der Waals surface area contributed by atoms with Crippen molar-refractivity contribution in [2.24, 2.45) is 5.92 Å². The molecule has 2 N–H and O–H groups in total. The molecule has 2 aromatic rings. The van der Waals surface area contributed by atoms with Crippen LogP contribution in [0, 0.1) is 12.8 Å². The third kappa shape index (κ3) is 3.74. The number of H-pyrrole nitrogens is 1. The second-order valence-electron chi connectivity index (χ2n) is 6.20. The van der Waals surface area contributed by atoms with Crippen LogP contribution in [0.2, 0.25) is 0 Å². The van der Waals surface area contributed by atoms with Crippen molar-refractivity contribution < 1.29 is 9.53 Å². The fourth-order valence-electron chi connectivity index (χ4n) is 3.13. The normalized spacial score (nSPS) is 20.5. The summed E-state index contributed by atoms with van der Waals surface area (Å²) in [6, 6.07) is 13.4. The maximum absolute atomic E-state index is 12.3. The summed E-state index contributed by atoms with van der Waals surface area (Å²) in [5.74, 6) is -0.136. The Hall–Kier alpha value is -2.40. The molecule has 24 heavy (non-hydrogen) atoms. The molecule has 126 valence electrons. The van der Waals surface area contributed by atoms with Crippen LogP contribution in [0.4, 0.5) is 0 Å². The molecule has 5 heteroatoms. The van der Waals surface area contributed by atoms with Crippen LogP contribution in [0.15, 0.2) is 47.3 Å². The first-order chi connectivity index (χ1) is 11.6. The Balaban J connectivity index is 1.68. The fraction of sp³-hybridized carbons (Fsp3) is 0.368. The predicted molar refractivity (Wildman–Crippen MR) is 92.0 cm³/mol. The molecule has 0 aliphatic carbocycles. The number of amides is 1. The van der Waals surface area contributed by atoms with Crippen LogP contribution >= 0.6 is 0 Å². The Morgan fingerprint density at radius 1 is 1.25 bits per heavy atom. The highest BCUT2D eigenvalue weighted by molar-refractivity contribution is 5.93. The SMILES string of the molecule is Cc1ccc(C(=O)NCC2CCCOC2c2ccccc2)c(=O)[nH]1. The van der Waals surface area contributed by atoms with Crippen LogP contribution < -0.4 is 10.9 Å². The minimum absolute atomic E-state index is 0.0171. The van der Waals surface area contributed by atoms with Crippen molar-refractivity contribution in [1.82, 2.24) is 10.3 Å². The molecule has 0 spiro atoms. The number of aryl methyl sites for hydroxylation is 1. The summed E-state index contributed by atoms with van der Waals surface area (Å²) in [5.41, 5.74) is 1.66. The highest BCUT2D eigenvalue weighted by Gasteiger charge is 2.28. The van der Waals surface area contributed by atoms with Gasteiger partial charge in [-0.25, -0.2) is 0 Å². The van der Waals surface area contributed by atoms with E-state index in [0.717, 1.165) is 30.7 Å². The Bertz CT molecular complexity index is 755. The summed E-state index contributed by atoms with van der Waals surface area (Å²) in [5, 5.41) is 2.89. The van der Waals surface area contributed by atoms with E-state index in [4.69, 9.17) is 4.74 Å². The zero-order valence-corrected chi connectivity index (χ0v) is 13.7. The van der Waals surface area contributed by atoms with Crippen LogP contribution in [-0.4, -0.2) is 24.0 Å². The molecular weight excluding hydrogens is 304 g/mol. The molecule has 0 radical (unpaired) electrons. The molecular formula is C19H22N2O3. The van der Waals surface area contributed by atoms with Crippen molar-refractivity contribution in [2.45, 2.75) is 25.9 Å². The van der Waals surface area contributed by atoms with Gasteiger partial charge in [0.15, 0.2) is 0 Å². The lowest BCUT2D eigenvalue weighted by Crippen LogP contribution is -2.37. The van der Waals surface area contributed by atoms with Crippen LogP contribution in [0.1, 0.15) is 40.6 Å². The van der Waals surface area contributed by atoms with Crippen molar-refractivity contribution in [3.8, 4) is 0 Å². The van der Waals surface area contributed by atoms with E-state index in [1.807, 2.05) is 18.2 Å². The zero-order chi connectivity index (χ0) is 16.9. The summed E-state index contributed by atoms with van der Waals surface area (Å²) in [6.45, 7) is 3.01. The molecule has 1 amide bonds. The van der Waals surface area contributed by atoms with Gasteiger partial charge in [-0.15, -0.1) is 0 Å². The zero-order valence-electron chi connectivity index (χ0n) is 13.7. The lowest BCUT2D eigenvalue weighted by atomic mass is 9.89. The highest BCUT2D eigenvalue weighted by atomic mass is 16.5. The van der Waals surface area contributed by atoms with Crippen molar-refractivity contribution in [1.29, 1.82) is 0 Å². The molecule has 5 nitrogen and oxygen atoms in total. The van der Waals surface area contributed by atoms with E-state index in [0.29, 0.717) is 6.54 Å². The Morgan fingerprint density at radius 3 is 2.79 bits per heavy atom. The third-order valence-electron chi connectivity index (χ3n) is 4.40. The van der Waals surface area contributed by atoms with Gasteiger partial charge in [-0.2, -0.15) is 0 Å². The smallest absolute Gasteiger partial charge is 0.260 e. The largest absolute Gasteiger partial charge is 0.373 e. The number of aromatic nitrogens is 1. The highest BCUT2D eigenvalue weighted by Crippen LogP contribution is 2.33. The molecule has 3 rings (SSSR count). The van der Waals surface area contributed by atoms with Crippen molar-refractivity contribution in [3.63, 3.8) is 0 Å². The fourth-order valence-corrected chi connectivity index (χ4v) is 3.13. The van der Waals surface area contributed by atoms with Gasteiger partial charge in [0.2, 0.25) is 0 Å². The average molecular weight is 326 g/mol. The number of aromatic amines is 1. The molecule has 1 aliphatic rings. The minimum atomic E-state index is -0.355. The first kappa shape index (κ1) is 16.5. The number of hydrogen-bond acceptors (Lipinski definition) is 3. The number of pyridine rings is 1. The number of carbonyl (C=O) groups excluding carboxylic acids is 1. The Morgan fingerprint density at radius 2 is 2.04 bits per heavy atom. The van der Waals surface area contributed by atoms with Gasteiger partial charge in [0, 0.05) is 24.8 Å². The third-order valence-corrected chi connectivity index (χ3v) is 4.40. The Kier molecular flexibility index (Phi) is 5.11. The first-order valence-electron chi connectivity index (χ1n) is 8.30. The van der Waals surface area contributed by atoms with Gasteiger partial charge in [-0.3, -0.25) is 9.59 Å². The van der Waals surface area contributed by atoms with Gasteiger partial charge in [-0.1, -0.05) is 30.3 Å². The second-order valence-corrected chi connectivity index (χ2v) is 6.20. The molecule has 0 bridgehead atoms. The molecule has 1 aliphatic heterocycles. The van der Waals surface area contributed by atoms with Crippen molar-refractivity contribution in [2.75, 3.05) is 13.2 Å². The van der Waals surface area contributed by atoms with Crippen LogP contribution in [0.5, 0.6) is 0 Å². The molecule has 1 saturated heterocycles. The van der Waals surface area contributed by atoms with Crippen LogP contribution in [-0.2, 0) is 4.74 Å². The summed E-state index contributed by atoms with van der Waals surface area (Å²) in [4.78, 5) is 26.8. The van der Waals surface area contributed by atoms with E-state index >= 15 is 0 Å². The van der Waals surface area contributed by atoms with Crippen LogP contribution in [0.25, 0.3) is 0 Å². The van der Waals surface area contributed by atoms with Gasteiger partial charge in [0.25, 0.3) is 11.5 Å². The molecule has 1 fully saturated rings. The summed E-state index contributed by atoms with van der Waals surface area (Å²) in [7, 11) is 0. The van der Waals surface area contributed by atoms with Gasteiger partial charge in [-0.05, 0) is 37.5 Å². The molecule has 2 unspecified atom stereocenters. The maximum Gasteiger partial charge on any atom is 0.260 e. The van der Waals surface area contributed by atoms with E-state index in [-0.39, 0.29) is 29.1 Å². The summed E-state index contributed by atoms with van der Waals surface area (Å²) < 4.78 is 5.93. The number of nitrogens with one attached hydrogen (secondary N) is 2. The standard InChI is InChI=1S/C19H22N2O3/c1-13-9-10-16(19(23)21-13)18(22)20-12-15-8-5-11-24-17(15)14-6-3-2-4-7-14/h2-4,6-7,9-10,15,17H,5,8,11-12H2,1H3,(H,20,22)(H,21,23). The molecule has 1 aromatic carbocycles. The number of rotatable bonds is 4. The van der Waals surface area contributed by atoms with E-state index in [1.54, 1.807) is 19.1 Å². The first-order valence-corrected chi connectivity index (χ1v) is 8.30. The van der Waals surface area contributed by atoms with Gasteiger partial charge >= 0.3 is 0 Å². The minimum Gasteiger partial charge on any atom is -0.373 e. The quantitative estimate of drug-likeness (QED) is 0.907. The van der Waals surface area contributed by atoms with Gasteiger partial charge in [0.1, 0.15) is 5.56 Å².